The van der Waals surface area contributed by atoms with E-state index in [4.69, 9.17) is 0 Å². The Morgan fingerprint density at radius 1 is 0.667 bits per heavy atom. The molecule has 30 heavy (non-hydrogen) atoms. The summed E-state index contributed by atoms with van der Waals surface area (Å²) in [7, 11) is 0. The second-order valence-electron chi connectivity index (χ2n) is 8.08. The Labute approximate surface area is 172 Å². The fourth-order valence-electron chi connectivity index (χ4n) is 5.76. The summed E-state index contributed by atoms with van der Waals surface area (Å²) in [5.41, 5.74) is 4.27. The van der Waals surface area contributed by atoms with Crippen molar-refractivity contribution >= 4 is 23.5 Å². The van der Waals surface area contributed by atoms with Crippen molar-refractivity contribution in [2.24, 2.45) is 11.8 Å². The average molecular weight is 394 g/mol. The molecule has 2 bridgehead atoms. The van der Waals surface area contributed by atoms with Crippen LogP contribution >= 0.6 is 0 Å². The number of carbonyl (C=O) groups excluding carboxylic acids is 3. The van der Waals surface area contributed by atoms with Crippen molar-refractivity contribution in [2.75, 3.05) is 4.90 Å². The first-order chi connectivity index (χ1) is 14.6. The summed E-state index contributed by atoms with van der Waals surface area (Å²) in [6.07, 6.45) is 0. The number of amides is 2. The lowest BCUT2D eigenvalue weighted by molar-refractivity contribution is -0.254. The summed E-state index contributed by atoms with van der Waals surface area (Å²) < 4.78 is 0. The Morgan fingerprint density at radius 3 is 1.50 bits per heavy atom. The fraction of sp³-hybridized carbons (Fsp3) is 0.160. The van der Waals surface area contributed by atoms with E-state index < -0.39 is 17.8 Å². The van der Waals surface area contributed by atoms with Crippen molar-refractivity contribution in [3.05, 3.63) is 101 Å². The largest absolute Gasteiger partial charge is 0.545 e. The lowest BCUT2D eigenvalue weighted by Crippen LogP contribution is -2.41. The van der Waals surface area contributed by atoms with Gasteiger partial charge in [-0.3, -0.25) is 9.59 Å². The summed E-state index contributed by atoms with van der Waals surface area (Å²) in [5, 5.41) is 11.6. The predicted octanol–water partition coefficient (Wildman–Crippen LogP) is 2.45. The minimum absolute atomic E-state index is 0.0920. The summed E-state index contributed by atoms with van der Waals surface area (Å²) in [5.74, 6) is -3.59. The van der Waals surface area contributed by atoms with E-state index >= 15 is 0 Å². The van der Waals surface area contributed by atoms with Gasteiger partial charge in [-0.25, -0.2) is 4.90 Å². The van der Waals surface area contributed by atoms with Gasteiger partial charge in [0.2, 0.25) is 11.8 Å². The molecule has 7 rings (SSSR count). The number of nitrogens with zero attached hydrogens (tertiary/aromatic N) is 1. The van der Waals surface area contributed by atoms with Crippen LogP contribution in [0.3, 0.4) is 0 Å². The molecule has 5 nitrogen and oxygen atoms in total. The highest BCUT2D eigenvalue weighted by Gasteiger charge is 2.61. The summed E-state index contributed by atoms with van der Waals surface area (Å²) in [6.45, 7) is 0. The highest BCUT2D eigenvalue weighted by atomic mass is 16.4. The first-order valence-electron chi connectivity index (χ1n) is 9.95. The quantitative estimate of drug-likeness (QED) is 0.626. The summed E-state index contributed by atoms with van der Waals surface area (Å²) in [4.78, 5) is 40.0. The first kappa shape index (κ1) is 17.2. The molecule has 2 atom stereocenters. The normalized spacial score (nSPS) is 25.7. The average Bonchev–Trinajstić information content (AvgIpc) is 3.04. The maximum Gasteiger partial charge on any atom is 0.238 e. The molecular weight excluding hydrogens is 378 g/mol. The van der Waals surface area contributed by atoms with Gasteiger partial charge in [0.25, 0.3) is 0 Å². The number of carbonyl (C=O) groups is 3. The lowest BCUT2D eigenvalue weighted by Gasteiger charge is -2.45. The maximum absolute atomic E-state index is 13.6. The van der Waals surface area contributed by atoms with Crippen LogP contribution in [0.2, 0.25) is 0 Å². The Hall–Kier alpha value is -3.73. The van der Waals surface area contributed by atoms with Crippen LogP contribution in [0.4, 0.5) is 5.69 Å². The molecule has 0 radical (unpaired) electrons. The van der Waals surface area contributed by atoms with E-state index in [1.54, 1.807) is 12.1 Å². The molecular formula is C25H16NO4-. The number of hydrogen-bond donors (Lipinski definition) is 0. The summed E-state index contributed by atoms with van der Waals surface area (Å²) >= 11 is 0. The van der Waals surface area contributed by atoms with Crippen LogP contribution in [-0.4, -0.2) is 17.8 Å². The number of para-hydroxylation sites is 1. The molecule has 1 fully saturated rings. The molecule has 0 saturated carbocycles. The minimum Gasteiger partial charge on any atom is -0.545 e. The molecule has 3 aromatic carbocycles. The van der Waals surface area contributed by atoms with Crippen LogP contribution < -0.4 is 10.0 Å². The number of rotatable bonds is 2. The molecule has 0 aromatic heterocycles. The third kappa shape index (κ3) is 1.99. The van der Waals surface area contributed by atoms with Crippen molar-refractivity contribution in [2.45, 2.75) is 11.8 Å². The smallest absolute Gasteiger partial charge is 0.238 e. The molecule has 3 aliphatic carbocycles. The molecule has 1 aliphatic heterocycles. The summed E-state index contributed by atoms with van der Waals surface area (Å²) in [6, 6.07) is 22.0. The van der Waals surface area contributed by atoms with Gasteiger partial charge in [-0.15, -0.1) is 0 Å². The molecule has 0 N–H and O–H groups in total. The number of carboxylic acid groups (broad SMARTS) is 1. The van der Waals surface area contributed by atoms with Crippen molar-refractivity contribution in [3.8, 4) is 0 Å². The Balaban J connectivity index is 1.58. The minimum atomic E-state index is -1.41. The molecule has 2 amide bonds. The fourth-order valence-corrected chi connectivity index (χ4v) is 5.76. The van der Waals surface area contributed by atoms with E-state index in [9.17, 15) is 19.5 Å². The molecule has 0 spiro atoms. The molecule has 4 aliphatic rings. The van der Waals surface area contributed by atoms with E-state index in [0.29, 0.717) is 0 Å². The van der Waals surface area contributed by atoms with Gasteiger partial charge in [0.1, 0.15) is 0 Å². The van der Waals surface area contributed by atoms with Crippen molar-refractivity contribution in [3.63, 3.8) is 0 Å². The topological polar surface area (TPSA) is 77.5 Å². The molecule has 1 heterocycles. The van der Waals surface area contributed by atoms with E-state index in [1.165, 1.54) is 12.1 Å². The number of aromatic carboxylic acids is 1. The standard InChI is InChI=1S/C25H17NO4/c27-23-21-19-13-7-1-2-8-14(13)20(16-10-4-3-9-15(16)19)22(21)24(28)26(23)18-12-6-5-11-17(18)25(29)30/h1-12,19-22H,(H,29,30)/p-1/t19?,20?,21-,22-/m1/s1. The first-order valence-corrected chi connectivity index (χ1v) is 9.95. The van der Waals surface area contributed by atoms with Gasteiger partial charge in [0, 0.05) is 17.4 Å². The molecule has 5 heteroatoms. The van der Waals surface area contributed by atoms with Crippen LogP contribution in [0.5, 0.6) is 0 Å². The molecule has 146 valence electrons. The van der Waals surface area contributed by atoms with Crippen LogP contribution in [0.15, 0.2) is 72.8 Å². The van der Waals surface area contributed by atoms with E-state index in [2.05, 4.69) is 0 Å². The zero-order chi connectivity index (χ0) is 20.6. The number of anilines is 1. The van der Waals surface area contributed by atoms with Gasteiger partial charge in [0.05, 0.1) is 23.5 Å². The van der Waals surface area contributed by atoms with Gasteiger partial charge in [-0.1, -0.05) is 66.7 Å². The van der Waals surface area contributed by atoms with E-state index in [-0.39, 0.29) is 34.9 Å². The van der Waals surface area contributed by atoms with E-state index in [0.717, 1.165) is 27.2 Å². The molecule has 0 unspecified atom stereocenters. The van der Waals surface area contributed by atoms with Gasteiger partial charge in [-0.05, 0) is 28.3 Å². The number of imide groups is 1. The van der Waals surface area contributed by atoms with E-state index in [1.807, 2.05) is 48.5 Å². The maximum atomic E-state index is 13.6. The van der Waals surface area contributed by atoms with Crippen LogP contribution in [0.25, 0.3) is 0 Å². The zero-order valence-electron chi connectivity index (χ0n) is 15.8. The second kappa shape index (κ2) is 5.89. The van der Waals surface area contributed by atoms with Gasteiger partial charge in [0.15, 0.2) is 0 Å². The van der Waals surface area contributed by atoms with Crippen molar-refractivity contribution in [1.29, 1.82) is 0 Å². The highest BCUT2D eigenvalue weighted by Crippen LogP contribution is 2.61. The van der Waals surface area contributed by atoms with Crippen molar-refractivity contribution < 1.29 is 19.5 Å². The van der Waals surface area contributed by atoms with Crippen LogP contribution in [0, 0.1) is 11.8 Å². The SMILES string of the molecule is O=C([O-])c1ccccc1N1C(=O)[C@@H]2C3c4ccccc4C(c4ccccc43)[C@H]2C1=O. The second-order valence-corrected chi connectivity index (χ2v) is 8.08. The number of hydrogen-bond acceptors (Lipinski definition) is 4. The zero-order valence-corrected chi connectivity index (χ0v) is 15.8. The predicted molar refractivity (Wildman–Crippen MR) is 107 cm³/mol. The van der Waals surface area contributed by atoms with Crippen LogP contribution in [0.1, 0.15) is 44.4 Å². The van der Waals surface area contributed by atoms with Gasteiger partial charge >= 0.3 is 0 Å². The van der Waals surface area contributed by atoms with Gasteiger partial charge in [-0.2, -0.15) is 0 Å². The third-order valence-electron chi connectivity index (χ3n) is 6.81. The lowest BCUT2D eigenvalue weighted by atomic mass is 9.55. The molecule has 3 aromatic rings. The van der Waals surface area contributed by atoms with Gasteiger partial charge < -0.3 is 9.90 Å². The molecule has 1 saturated heterocycles. The highest BCUT2D eigenvalue weighted by molar-refractivity contribution is 6.25. The van der Waals surface area contributed by atoms with Crippen molar-refractivity contribution in [1.82, 2.24) is 0 Å². The Kier molecular flexibility index (Phi) is 3.37. The number of benzene rings is 3. The Bertz CT molecular complexity index is 1150. The number of carboxylic acids is 1. The van der Waals surface area contributed by atoms with Crippen LogP contribution in [-0.2, 0) is 9.59 Å². The monoisotopic (exact) mass is 394 g/mol. The Morgan fingerprint density at radius 2 is 1.07 bits per heavy atom. The third-order valence-corrected chi connectivity index (χ3v) is 6.81.